The van der Waals surface area contributed by atoms with E-state index in [-0.39, 0.29) is 23.1 Å². The van der Waals surface area contributed by atoms with Gasteiger partial charge in [-0.25, -0.2) is 13.1 Å². The van der Waals surface area contributed by atoms with Crippen LogP contribution < -0.4 is 4.72 Å². The molecule has 1 fully saturated rings. The summed E-state index contributed by atoms with van der Waals surface area (Å²) in [6.45, 7) is 4.73. The van der Waals surface area contributed by atoms with Crippen molar-refractivity contribution in [3.05, 3.63) is 87.9 Å². The molecule has 2 aromatic carbocycles. The zero-order chi connectivity index (χ0) is 29.0. The molecule has 4 atom stereocenters. The average Bonchev–Trinajstić information content (AvgIpc) is 3.61. The first-order valence-corrected chi connectivity index (χ1v) is 15.5. The van der Waals surface area contributed by atoms with Gasteiger partial charge >= 0.3 is 6.18 Å². The van der Waals surface area contributed by atoms with E-state index in [0.717, 1.165) is 16.2 Å². The summed E-state index contributed by atoms with van der Waals surface area (Å²) < 4.78 is 71.0. The predicted molar refractivity (Wildman–Crippen MR) is 153 cm³/mol. The molecule has 11 heteroatoms. The van der Waals surface area contributed by atoms with Crippen molar-refractivity contribution < 1.29 is 26.7 Å². The van der Waals surface area contributed by atoms with Crippen molar-refractivity contribution in [3.8, 4) is 11.3 Å². The number of nitrogens with zero attached hydrogens (tertiary/aromatic N) is 1. The van der Waals surface area contributed by atoms with Crippen LogP contribution in [0.2, 0.25) is 5.02 Å². The Bertz CT molecular complexity index is 1670. The van der Waals surface area contributed by atoms with Crippen LogP contribution in [0.4, 0.5) is 13.2 Å². The molecule has 0 spiro atoms. The van der Waals surface area contributed by atoms with Crippen LogP contribution in [-0.2, 0) is 15.6 Å². The summed E-state index contributed by atoms with van der Waals surface area (Å²) in [6.07, 6.45) is -3.04. The molecule has 0 aliphatic heterocycles. The van der Waals surface area contributed by atoms with Crippen molar-refractivity contribution in [2.45, 2.75) is 50.3 Å². The minimum Gasteiger partial charge on any atom is -0.376 e. The molecular formula is C29H28ClF3N2O3S2. The number of halogens is 4. The third-order valence-corrected chi connectivity index (χ3v) is 11.0. The topological polar surface area (TPSA) is 79.3 Å². The van der Waals surface area contributed by atoms with Crippen molar-refractivity contribution in [2.24, 2.45) is 11.8 Å². The first-order chi connectivity index (χ1) is 18.7. The van der Waals surface area contributed by atoms with E-state index in [0.29, 0.717) is 34.4 Å². The first-order valence-electron chi connectivity index (χ1n) is 12.7. The number of sulfonamides is 1. The van der Waals surface area contributed by atoms with Crippen LogP contribution in [0.3, 0.4) is 0 Å². The van der Waals surface area contributed by atoms with E-state index >= 15 is 0 Å². The smallest absolute Gasteiger partial charge is 0.376 e. The van der Waals surface area contributed by atoms with Crippen LogP contribution >= 0.6 is 22.9 Å². The number of fused-ring (bicyclic) bond motifs is 1. The van der Waals surface area contributed by atoms with Gasteiger partial charge in [-0.15, -0.1) is 11.3 Å². The molecule has 4 aromatic rings. The number of thiophene rings is 1. The fourth-order valence-corrected chi connectivity index (χ4v) is 8.53. The fourth-order valence-electron chi connectivity index (χ4n) is 4.95. The Morgan fingerprint density at radius 1 is 1.10 bits per heavy atom. The lowest BCUT2D eigenvalue weighted by molar-refractivity contribution is -0.258. The van der Waals surface area contributed by atoms with Gasteiger partial charge in [-0.05, 0) is 66.0 Å². The van der Waals surface area contributed by atoms with E-state index in [1.807, 2.05) is 26.0 Å². The van der Waals surface area contributed by atoms with E-state index in [9.17, 15) is 26.7 Å². The van der Waals surface area contributed by atoms with Crippen molar-refractivity contribution in [1.29, 1.82) is 0 Å². The SMILES string of the molecule is CC(C)[C@@H]1C[C@H]1S(=O)(=O)NC(c1cc2cccc(-c3cc([C@](C)(O)C(F)(F)F)ccn3)c2s1)c1ccccc1Cl. The molecule has 2 aromatic heterocycles. The van der Waals surface area contributed by atoms with Gasteiger partial charge in [0.25, 0.3) is 0 Å². The van der Waals surface area contributed by atoms with E-state index < -0.39 is 33.1 Å². The molecule has 1 aliphatic rings. The molecule has 0 saturated heterocycles. The van der Waals surface area contributed by atoms with E-state index in [2.05, 4.69) is 9.71 Å². The summed E-state index contributed by atoms with van der Waals surface area (Å²) in [5, 5.41) is 10.9. The number of rotatable bonds is 8. The number of hydrogen-bond acceptors (Lipinski definition) is 5. The number of nitrogens with one attached hydrogen (secondary N) is 1. The van der Waals surface area contributed by atoms with Gasteiger partial charge in [-0.3, -0.25) is 4.98 Å². The number of benzene rings is 2. The van der Waals surface area contributed by atoms with Crippen LogP contribution in [0.5, 0.6) is 0 Å². The maximum atomic E-state index is 13.5. The summed E-state index contributed by atoms with van der Waals surface area (Å²) in [4.78, 5) is 4.97. The van der Waals surface area contributed by atoms with Crippen LogP contribution in [0.15, 0.2) is 66.9 Å². The fraction of sp³-hybridized carbons (Fsp3) is 0.345. The summed E-state index contributed by atoms with van der Waals surface area (Å²) in [5.41, 5.74) is -1.96. The third-order valence-electron chi connectivity index (χ3n) is 7.53. The van der Waals surface area contributed by atoms with E-state index in [1.54, 1.807) is 36.4 Å². The second kappa shape index (κ2) is 10.4. The molecule has 0 bridgehead atoms. The van der Waals surface area contributed by atoms with Crippen LogP contribution in [0.1, 0.15) is 49.2 Å². The number of alkyl halides is 3. The molecule has 1 aliphatic carbocycles. The highest BCUT2D eigenvalue weighted by molar-refractivity contribution is 7.90. The van der Waals surface area contributed by atoms with Gasteiger partial charge < -0.3 is 5.11 Å². The molecule has 0 radical (unpaired) electrons. The molecule has 5 rings (SSSR count). The van der Waals surface area contributed by atoms with Gasteiger partial charge in [0.15, 0.2) is 5.60 Å². The Morgan fingerprint density at radius 2 is 1.82 bits per heavy atom. The maximum absolute atomic E-state index is 13.5. The summed E-state index contributed by atoms with van der Waals surface area (Å²) in [7, 11) is -3.68. The molecule has 40 heavy (non-hydrogen) atoms. The quantitative estimate of drug-likeness (QED) is 0.218. The highest BCUT2D eigenvalue weighted by Gasteiger charge is 2.51. The second-order valence-corrected chi connectivity index (χ2v) is 14.1. The molecule has 1 unspecified atom stereocenters. The molecule has 5 nitrogen and oxygen atoms in total. The summed E-state index contributed by atoms with van der Waals surface area (Å²) in [5.74, 6) is 0.333. The van der Waals surface area contributed by atoms with Gasteiger partial charge in [0.1, 0.15) is 0 Å². The van der Waals surface area contributed by atoms with Crippen molar-refractivity contribution >= 4 is 43.0 Å². The van der Waals surface area contributed by atoms with Crippen LogP contribution in [0.25, 0.3) is 21.3 Å². The predicted octanol–water partition coefficient (Wildman–Crippen LogP) is 7.44. The number of aromatic nitrogens is 1. The highest BCUT2D eigenvalue weighted by Crippen LogP contribution is 2.45. The summed E-state index contributed by atoms with van der Waals surface area (Å²) >= 11 is 7.86. The molecule has 2 heterocycles. The van der Waals surface area contributed by atoms with Crippen molar-refractivity contribution in [2.75, 3.05) is 0 Å². The van der Waals surface area contributed by atoms with Gasteiger partial charge in [0, 0.05) is 26.4 Å². The molecule has 2 N–H and O–H groups in total. The standard InChI is InChI=1S/C29H28ClF3N2O3S2/c1-16(2)21-15-25(21)40(37,38)35-26(19-8-4-5-10-22(19)30)24-13-17-7-6-9-20(27(17)39-24)23-14-18(11-12-34-23)28(3,36)29(31,32)33/h4-14,16,21,25-26,35-36H,15H2,1-3H3/t21-,25+,26?,28-/m0/s1. The molecule has 0 amide bonds. The van der Waals surface area contributed by atoms with E-state index in [1.165, 1.54) is 23.6 Å². The normalized spacial score (nSPS) is 20.0. The van der Waals surface area contributed by atoms with Crippen molar-refractivity contribution in [3.63, 3.8) is 0 Å². The van der Waals surface area contributed by atoms with Crippen molar-refractivity contribution in [1.82, 2.24) is 9.71 Å². The lowest BCUT2D eigenvalue weighted by Gasteiger charge is -2.26. The van der Waals surface area contributed by atoms with Gasteiger partial charge in [0.2, 0.25) is 10.0 Å². The second-order valence-electron chi connectivity index (χ2n) is 10.7. The van der Waals surface area contributed by atoms with Gasteiger partial charge in [-0.1, -0.05) is 61.8 Å². The largest absolute Gasteiger partial charge is 0.421 e. The Hall–Kier alpha value is -2.50. The highest BCUT2D eigenvalue weighted by atomic mass is 35.5. The lowest BCUT2D eigenvalue weighted by Crippen LogP contribution is -2.39. The van der Waals surface area contributed by atoms with Gasteiger partial charge in [-0.2, -0.15) is 13.2 Å². The Morgan fingerprint density at radius 3 is 2.48 bits per heavy atom. The molecule has 1 saturated carbocycles. The number of aliphatic hydroxyl groups is 1. The maximum Gasteiger partial charge on any atom is 0.421 e. The minimum absolute atomic E-state index is 0.0886. The van der Waals surface area contributed by atoms with Crippen LogP contribution in [-0.4, -0.2) is 29.9 Å². The third kappa shape index (κ3) is 5.39. The number of pyridine rings is 1. The average molecular weight is 609 g/mol. The zero-order valence-electron chi connectivity index (χ0n) is 21.9. The zero-order valence-corrected chi connectivity index (χ0v) is 24.3. The summed E-state index contributed by atoms with van der Waals surface area (Å²) in [6, 6.07) is 15.9. The number of hydrogen-bond donors (Lipinski definition) is 2. The monoisotopic (exact) mass is 608 g/mol. The lowest BCUT2D eigenvalue weighted by atomic mass is 9.94. The minimum atomic E-state index is -4.87. The Labute approximate surface area is 240 Å². The Kier molecular flexibility index (Phi) is 7.54. The Balaban J connectivity index is 1.59. The van der Waals surface area contributed by atoms with E-state index in [4.69, 9.17) is 11.6 Å². The first kappa shape index (κ1) is 29.0. The van der Waals surface area contributed by atoms with Crippen LogP contribution in [0, 0.1) is 11.8 Å². The molecule has 212 valence electrons. The molecular weight excluding hydrogens is 581 g/mol. The van der Waals surface area contributed by atoms with Gasteiger partial charge in [0.05, 0.1) is 17.0 Å².